The lowest BCUT2D eigenvalue weighted by Crippen LogP contribution is -2.11. The first kappa shape index (κ1) is 16.2. The zero-order chi connectivity index (χ0) is 17.1. The smallest absolute Gasteiger partial charge is 0.354 e. The van der Waals surface area contributed by atoms with Crippen molar-refractivity contribution < 1.29 is 9.90 Å². The van der Waals surface area contributed by atoms with Crippen LogP contribution in [0.2, 0.25) is 10.0 Å². The van der Waals surface area contributed by atoms with Gasteiger partial charge in [0.25, 0.3) is 0 Å². The Kier molecular flexibility index (Phi) is 4.59. The Morgan fingerprint density at radius 3 is 2.50 bits per heavy atom. The molecule has 6 nitrogen and oxygen atoms in total. The number of carboxylic acids is 1. The number of hydrogen-bond donors (Lipinski definition) is 1. The number of tetrazole rings is 1. The average Bonchev–Trinajstić information content (AvgIpc) is 3.05. The van der Waals surface area contributed by atoms with E-state index in [1.54, 1.807) is 30.3 Å². The maximum atomic E-state index is 11.7. The maximum absolute atomic E-state index is 11.7. The Hall–Kier alpha value is -2.70. The van der Waals surface area contributed by atoms with Crippen molar-refractivity contribution in [3.8, 4) is 11.4 Å². The molecule has 24 heavy (non-hydrogen) atoms. The Labute approximate surface area is 146 Å². The lowest BCUT2D eigenvalue weighted by Gasteiger charge is -2.06. The third-order valence-electron chi connectivity index (χ3n) is 3.20. The fourth-order valence-corrected chi connectivity index (χ4v) is 2.40. The number of carboxylic acid groups (broad SMARTS) is 1. The molecule has 0 saturated carbocycles. The molecule has 0 spiro atoms. The Morgan fingerprint density at radius 1 is 1.08 bits per heavy atom. The van der Waals surface area contributed by atoms with Gasteiger partial charge >= 0.3 is 5.97 Å². The molecule has 1 N–H and O–H groups in total. The predicted octanol–water partition coefficient (Wildman–Crippen LogP) is 3.73. The zero-order valence-electron chi connectivity index (χ0n) is 12.1. The summed E-state index contributed by atoms with van der Waals surface area (Å²) in [4.78, 5) is 11.7. The first-order chi connectivity index (χ1) is 11.6. The van der Waals surface area contributed by atoms with Crippen molar-refractivity contribution in [3.05, 3.63) is 64.1 Å². The van der Waals surface area contributed by atoms with Crippen LogP contribution in [0.5, 0.6) is 0 Å². The summed E-state index contributed by atoms with van der Waals surface area (Å²) in [5, 5.41) is 21.6. The highest BCUT2D eigenvalue weighted by atomic mass is 35.5. The van der Waals surface area contributed by atoms with Crippen molar-refractivity contribution in [2.75, 3.05) is 0 Å². The summed E-state index contributed by atoms with van der Waals surface area (Å²) in [5.41, 5.74) is 1.15. The normalized spacial score (nSPS) is 11.5. The quantitative estimate of drug-likeness (QED) is 0.716. The summed E-state index contributed by atoms with van der Waals surface area (Å²) < 4.78 is 1.17. The van der Waals surface area contributed by atoms with Crippen LogP contribution in [-0.4, -0.2) is 31.3 Å². The predicted molar refractivity (Wildman–Crippen MR) is 91.5 cm³/mol. The number of halogens is 2. The van der Waals surface area contributed by atoms with E-state index in [0.717, 1.165) is 0 Å². The molecule has 0 amide bonds. The van der Waals surface area contributed by atoms with Gasteiger partial charge in [0.05, 0.1) is 10.0 Å². The van der Waals surface area contributed by atoms with E-state index in [9.17, 15) is 9.90 Å². The zero-order valence-corrected chi connectivity index (χ0v) is 13.6. The van der Waals surface area contributed by atoms with Crippen molar-refractivity contribution in [1.82, 2.24) is 20.2 Å². The van der Waals surface area contributed by atoms with Crippen LogP contribution in [0, 0.1) is 0 Å². The molecule has 0 aliphatic rings. The molecular formula is C16H10Cl2N4O2. The highest BCUT2D eigenvalue weighted by Crippen LogP contribution is 2.25. The monoisotopic (exact) mass is 360 g/mol. The molecule has 0 fully saturated rings. The molecule has 0 bridgehead atoms. The third kappa shape index (κ3) is 3.29. The minimum Gasteiger partial charge on any atom is -0.477 e. The van der Waals surface area contributed by atoms with Gasteiger partial charge in [-0.25, -0.2) is 4.79 Å². The van der Waals surface area contributed by atoms with Gasteiger partial charge in [-0.05, 0) is 34.2 Å². The largest absolute Gasteiger partial charge is 0.477 e. The Morgan fingerprint density at radius 2 is 1.83 bits per heavy atom. The minimum absolute atomic E-state index is 0.114. The van der Waals surface area contributed by atoms with E-state index in [1.807, 2.05) is 18.2 Å². The van der Waals surface area contributed by atoms with E-state index >= 15 is 0 Å². The van der Waals surface area contributed by atoms with Crippen molar-refractivity contribution >= 4 is 40.9 Å². The van der Waals surface area contributed by atoms with Gasteiger partial charge in [-0.3, -0.25) is 0 Å². The molecule has 1 heterocycles. The van der Waals surface area contributed by atoms with Gasteiger partial charge in [0, 0.05) is 5.56 Å². The molecule has 1 aromatic heterocycles. The topological polar surface area (TPSA) is 80.9 Å². The number of nitrogens with zero attached hydrogens (tertiary/aromatic N) is 4. The first-order valence-corrected chi connectivity index (χ1v) is 7.56. The van der Waals surface area contributed by atoms with Gasteiger partial charge in [-0.1, -0.05) is 59.6 Å². The highest BCUT2D eigenvalue weighted by molar-refractivity contribution is 6.42. The molecule has 0 aliphatic heterocycles. The second kappa shape index (κ2) is 6.82. The second-order valence-corrected chi connectivity index (χ2v) is 5.60. The van der Waals surface area contributed by atoms with Crippen molar-refractivity contribution in [1.29, 1.82) is 0 Å². The summed E-state index contributed by atoms with van der Waals surface area (Å²) in [6, 6.07) is 13.9. The van der Waals surface area contributed by atoms with E-state index < -0.39 is 5.97 Å². The lowest BCUT2D eigenvalue weighted by atomic mass is 10.1. The molecule has 120 valence electrons. The summed E-state index contributed by atoms with van der Waals surface area (Å²) in [5.74, 6) is -0.852. The van der Waals surface area contributed by atoms with Crippen LogP contribution in [0.4, 0.5) is 0 Å². The first-order valence-electron chi connectivity index (χ1n) is 6.80. The van der Waals surface area contributed by atoms with Gasteiger partial charge < -0.3 is 5.11 Å². The van der Waals surface area contributed by atoms with Gasteiger partial charge in [-0.2, -0.15) is 4.68 Å². The van der Waals surface area contributed by atoms with Crippen molar-refractivity contribution in [2.45, 2.75) is 0 Å². The van der Waals surface area contributed by atoms with E-state index in [4.69, 9.17) is 23.2 Å². The molecule has 0 saturated heterocycles. The fourth-order valence-electron chi connectivity index (χ4n) is 2.09. The highest BCUT2D eigenvalue weighted by Gasteiger charge is 2.18. The van der Waals surface area contributed by atoms with Crippen LogP contribution in [0.15, 0.2) is 48.5 Å². The summed E-state index contributed by atoms with van der Waals surface area (Å²) >= 11 is 11.9. The molecule has 8 heteroatoms. The number of hydrogen-bond acceptors (Lipinski definition) is 4. The standard InChI is InChI=1S/C16H10Cl2N4O2/c17-12-7-6-10(8-13(12)18)9-14(16(23)24)22-15(19-20-21-22)11-4-2-1-3-5-11/h1-9H,(H,23,24)/b14-9-. The van der Waals surface area contributed by atoms with Gasteiger partial charge in [0.2, 0.25) is 0 Å². The van der Waals surface area contributed by atoms with Crippen LogP contribution in [0.3, 0.4) is 0 Å². The number of benzene rings is 2. The van der Waals surface area contributed by atoms with Gasteiger partial charge in [-0.15, -0.1) is 5.10 Å². The molecule has 3 rings (SSSR count). The summed E-state index contributed by atoms with van der Waals surface area (Å²) in [7, 11) is 0. The molecule has 2 aromatic carbocycles. The molecule has 0 aliphatic carbocycles. The summed E-state index contributed by atoms with van der Waals surface area (Å²) in [6.07, 6.45) is 1.42. The number of rotatable bonds is 4. The van der Waals surface area contributed by atoms with Crippen LogP contribution in [0.25, 0.3) is 23.2 Å². The molecule has 0 radical (unpaired) electrons. The lowest BCUT2D eigenvalue weighted by molar-refractivity contribution is -0.130. The SMILES string of the molecule is O=C(O)/C(=C/c1ccc(Cl)c(Cl)c1)n1nnnc1-c1ccccc1. The van der Waals surface area contributed by atoms with Crippen molar-refractivity contribution in [2.24, 2.45) is 0 Å². The van der Waals surface area contributed by atoms with E-state index in [1.165, 1.54) is 10.8 Å². The van der Waals surface area contributed by atoms with E-state index in [-0.39, 0.29) is 5.70 Å². The number of aromatic nitrogens is 4. The molecule has 0 unspecified atom stereocenters. The molecule has 0 atom stereocenters. The Bertz CT molecular complexity index is 923. The second-order valence-electron chi connectivity index (χ2n) is 4.79. The molecule has 3 aromatic rings. The Balaban J connectivity index is 2.10. The van der Waals surface area contributed by atoms with E-state index in [0.29, 0.717) is 27.0 Å². The maximum Gasteiger partial charge on any atom is 0.354 e. The number of carbonyl (C=O) groups is 1. The summed E-state index contributed by atoms with van der Waals surface area (Å²) in [6.45, 7) is 0. The van der Waals surface area contributed by atoms with Crippen LogP contribution >= 0.6 is 23.2 Å². The van der Waals surface area contributed by atoms with Gasteiger partial charge in [0.1, 0.15) is 0 Å². The minimum atomic E-state index is -1.18. The molecular weight excluding hydrogens is 351 g/mol. The van der Waals surface area contributed by atoms with Gasteiger partial charge in [0.15, 0.2) is 11.5 Å². The van der Waals surface area contributed by atoms with Crippen molar-refractivity contribution in [3.63, 3.8) is 0 Å². The number of aliphatic carboxylic acids is 1. The average molecular weight is 361 g/mol. The fraction of sp³-hybridized carbons (Fsp3) is 0. The van der Waals surface area contributed by atoms with Crippen LogP contribution < -0.4 is 0 Å². The van der Waals surface area contributed by atoms with E-state index in [2.05, 4.69) is 15.5 Å². The third-order valence-corrected chi connectivity index (χ3v) is 3.93. The van der Waals surface area contributed by atoms with Crippen LogP contribution in [0.1, 0.15) is 5.56 Å². The van der Waals surface area contributed by atoms with Crippen LogP contribution in [-0.2, 0) is 4.79 Å².